The average Bonchev–Trinajstić information content (AvgIpc) is 3.05. The number of fused-ring (bicyclic) bond motifs is 3. The maximum atomic E-state index is 12.8. The molecule has 0 aliphatic heterocycles. The summed E-state index contributed by atoms with van der Waals surface area (Å²) in [4.78, 5) is 28.2. The van der Waals surface area contributed by atoms with Gasteiger partial charge < -0.3 is 14.9 Å². The Balaban J connectivity index is 1.40. The van der Waals surface area contributed by atoms with Crippen LogP contribution in [0.15, 0.2) is 47.3 Å². The van der Waals surface area contributed by atoms with Gasteiger partial charge in [-0.3, -0.25) is 9.59 Å². The first-order valence-electron chi connectivity index (χ1n) is 9.69. The van der Waals surface area contributed by atoms with Crippen molar-refractivity contribution in [2.75, 3.05) is 6.54 Å². The number of hydrogen-bond acceptors (Lipinski definition) is 2. The second kappa shape index (κ2) is 7.43. The van der Waals surface area contributed by atoms with Crippen LogP contribution >= 0.6 is 0 Å². The largest absolute Gasteiger partial charge is 0.357 e. The molecule has 2 N–H and O–H groups in total. The molecule has 1 amide bonds. The number of pyridine rings is 1. The fraction of sp³-hybridized carbons (Fsp3) is 0.364. The summed E-state index contributed by atoms with van der Waals surface area (Å²) >= 11 is 0. The molecule has 1 aliphatic carbocycles. The van der Waals surface area contributed by atoms with Crippen LogP contribution in [-0.2, 0) is 17.8 Å². The molecule has 1 aliphatic rings. The Morgan fingerprint density at radius 1 is 1.22 bits per heavy atom. The fourth-order valence-electron chi connectivity index (χ4n) is 4.16. The number of nitrogens with zero attached hydrogens (tertiary/aromatic N) is 1. The first-order chi connectivity index (χ1) is 13.1. The van der Waals surface area contributed by atoms with Gasteiger partial charge >= 0.3 is 0 Å². The number of aromatic amines is 1. The minimum atomic E-state index is -0.109. The quantitative estimate of drug-likeness (QED) is 0.683. The van der Waals surface area contributed by atoms with Crippen molar-refractivity contribution in [3.63, 3.8) is 0 Å². The van der Waals surface area contributed by atoms with Gasteiger partial charge in [0, 0.05) is 41.4 Å². The van der Waals surface area contributed by atoms with E-state index in [1.807, 2.05) is 25.1 Å². The topological polar surface area (TPSA) is 66.9 Å². The van der Waals surface area contributed by atoms with Crippen LogP contribution in [0.5, 0.6) is 0 Å². The summed E-state index contributed by atoms with van der Waals surface area (Å²) < 4.78 is 1.75. The van der Waals surface area contributed by atoms with Crippen LogP contribution in [0.1, 0.15) is 42.1 Å². The maximum absolute atomic E-state index is 12.8. The Labute approximate surface area is 158 Å². The first-order valence-corrected chi connectivity index (χ1v) is 9.69. The number of amides is 1. The summed E-state index contributed by atoms with van der Waals surface area (Å²) in [6.45, 7) is 3.12. The molecule has 2 heterocycles. The molecule has 5 heteroatoms. The molecule has 1 aromatic carbocycles. The number of rotatable bonds is 5. The summed E-state index contributed by atoms with van der Waals surface area (Å²) in [6.07, 6.45) is 3.68. The zero-order valence-corrected chi connectivity index (χ0v) is 15.6. The summed E-state index contributed by atoms with van der Waals surface area (Å²) in [5.74, 6) is -0.0260. The van der Waals surface area contributed by atoms with E-state index in [0.717, 1.165) is 42.6 Å². The van der Waals surface area contributed by atoms with E-state index < -0.39 is 0 Å². The van der Waals surface area contributed by atoms with Gasteiger partial charge in [0.15, 0.2) is 0 Å². The number of benzene rings is 1. The third kappa shape index (κ3) is 3.42. The Kier molecular flexibility index (Phi) is 4.84. The van der Waals surface area contributed by atoms with Crippen LogP contribution in [-0.4, -0.2) is 22.0 Å². The molecule has 140 valence electrons. The molecule has 2 aromatic heterocycles. The van der Waals surface area contributed by atoms with Crippen LogP contribution in [0.4, 0.5) is 0 Å². The van der Waals surface area contributed by atoms with Gasteiger partial charge in [-0.15, -0.1) is 0 Å². The van der Waals surface area contributed by atoms with Gasteiger partial charge in [-0.2, -0.15) is 0 Å². The molecule has 0 saturated carbocycles. The van der Waals surface area contributed by atoms with Crippen molar-refractivity contribution in [2.24, 2.45) is 0 Å². The van der Waals surface area contributed by atoms with Crippen LogP contribution in [0.25, 0.3) is 10.9 Å². The molecule has 27 heavy (non-hydrogen) atoms. The number of nitrogens with one attached hydrogen (secondary N) is 2. The number of H-pyrrole nitrogens is 1. The smallest absolute Gasteiger partial charge is 0.250 e. The minimum Gasteiger partial charge on any atom is -0.357 e. The Hall–Kier alpha value is -2.82. The van der Waals surface area contributed by atoms with Gasteiger partial charge in [-0.05, 0) is 50.3 Å². The molecule has 5 nitrogen and oxygen atoms in total. The number of para-hydroxylation sites is 1. The SMILES string of the molecule is Cc1cccc(=O)n1CCCNC(=O)C1CCCc2c1[nH]c1ccccc21. The molecule has 0 spiro atoms. The molecule has 3 aromatic rings. The summed E-state index contributed by atoms with van der Waals surface area (Å²) in [6, 6.07) is 13.6. The second-order valence-electron chi connectivity index (χ2n) is 7.31. The molecule has 1 unspecified atom stereocenters. The number of aryl methyl sites for hydroxylation is 2. The van der Waals surface area contributed by atoms with E-state index in [0.29, 0.717) is 13.1 Å². The zero-order chi connectivity index (χ0) is 18.8. The Bertz CT molecular complexity index is 1030. The molecule has 4 rings (SSSR count). The van der Waals surface area contributed by atoms with Gasteiger partial charge in [-0.1, -0.05) is 24.3 Å². The van der Waals surface area contributed by atoms with Crippen molar-refractivity contribution in [3.05, 3.63) is 69.8 Å². The van der Waals surface area contributed by atoms with Gasteiger partial charge in [-0.25, -0.2) is 0 Å². The van der Waals surface area contributed by atoms with Crippen molar-refractivity contribution in [3.8, 4) is 0 Å². The summed E-state index contributed by atoms with van der Waals surface area (Å²) in [5.41, 5.74) is 4.44. The first kappa shape index (κ1) is 17.6. The minimum absolute atomic E-state index is 0.0105. The standard InChI is InChI=1S/C22H25N3O2/c1-15-7-4-12-20(26)25(15)14-6-13-23-22(27)18-10-5-9-17-16-8-2-3-11-19(16)24-21(17)18/h2-4,7-8,11-12,18,24H,5-6,9-10,13-14H2,1H3,(H,23,27). The molecular weight excluding hydrogens is 338 g/mol. The summed E-state index contributed by atoms with van der Waals surface area (Å²) in [5, 5.41) is 4.31. The van der Waals surface area contributed by atoms with E-state index in [4.69, 9.17) is 0 Å². The average molecular weight is 363 g/mol. The highest BCUT2D eigenvalue weighted by Gasteiger charge is 2.29. The third-order valence-electron chi connectivity index (χ3n) is 5.56. The predicted molar refractivity (Wildman–Crippen MR) is 107 cm³/mol. The van der Waals surface area contributed by atoms with E-state index in [-0.39, 0.29) is 17.4 Å². The number of aromatic nitrogens is 2. The van der Waals surface area contributed by atoms with Crippen LogP contribution in [0, 0.1) is 6.92 Å². The van der Waals surface area contributed by atoms with E-state index in [1.54, 1.807) is 16.7 Å². The highest BCUT2D eigenvalue weighted by atomic mass is 16.2. The van der Waals surface area contributed by atoms with Crippen LogP contribution in [0.2, 0.25) is 0 Å². The Morgan fingerprint density at radius 3 is 2.93 bits per heavy atom. The number of carbonyl (C=O) groups is 1. The van der Waals surface area contributed by atoms with Gasteiger partial charge in [0.1, 0.15) is 0 Å². The lowest BCUT2D eigenvalue weighted by Gasteiger charge is -2.22. The van der Waals surface area contributed by atoms with E-state index in [1.165, 1.54) is 10.9 Å². The van der Waals surface area contributed by atoms with Gasteiger partial charge in [0.2, 0.25) is 5.91 Å². The molecule has 0 saturated heterocycles. The van der Waals surface area contributed by atoms with Crippen molar-refractivity contribution >= 4 is 16.8 Å². The molecule has 0 radical (unpaired) electrons. The predicted octanol–water partition coefficient (Wildman–Crippen LogP) is 3.26. The van der Waals surface area contributed by atoms with Crippen LogP contribution in [0.3, 0.4) is 0 Å². The monoisotopic (exact) mass is 363 g/mol. The van der Waals surface area contributed by atoms with E-state index in [2.05, 4.69) is 22.4 Å². The normalized spacial score (nSPS) is 16.3. The number of hydrogen-bond donors (Lipinski definition) is 2. The summed E-state index contributed by atoms with van der Waals surface area (Å²) in [7, 11) is 0. The van der Waals surface area contributed by atoms with Gasteiger partial charge in [0.25, 0.3) is 5.56 Å². The van der Waals surface area contributed by atoms with Crippen molar-refractivity contribution < 1.29 is 4.79 Å². The lowest BCUT2D eigenvalue weighted by atomic mass is 9.86. The highest BCUT2D eigenvalue weighted by Crippen LogP contribution is 2.36. The van der Waals surface area contributed by atoms with Crippen LogP contribution < -0.4 is 10.9 Å². The van der Waals surface area contributed by atoms with Crippen molar-refractivity contribution in [2.45, 2.75) is 45.1 Å². The molecule has 1 atom stereocenters. The lowest BCUT2D eigenvalue weighted by molar-refractivity contribution is -0.122. The Morgan fingerprint density at radius 2 is 2.07 bits per heavy atom. The lowest BCUT2D eigenvalue weighted by Crippen LogP contribution is -2.33. The number of carbonyl (C=O) groups excluding carboxylic acids is 1. The molecule has 0 fully saturated rings. The molecule has 0 bridgehead atoms. The molecular formula is C22H25N3O2. The fourth-order valence-corrected chi connectivity index (χ4v) is 4.16. The highest BCUT2D eigenvalue weighted by molar-refractivity contribution is 5.90. The van der Waals surface area contributed by atoms with Crippen molar-refractivity contribution in [1.29, 1.82) is 0 Å². The zero-order valence-electron chi connectivity index (χ0n) is 15.6. The van der Waals surface area contributed by atoms with E-state index in [9.17, 15) is 9.59 Å². The van der Waals surface area contributed by atoms with Crippen molar-refractivity contribution in [1.82, 2.24) is 14.9 Å². The van der Waals surface area contributed by atoms with E-state index >= 15 is 0 Å². The second-order valence-corrected chi connectivity index (χ2v) is 7.31. The third-order valence-corrected chi connectivity index (χ3v) is 5.56. The van der Waals surface area contributed by atoms with Gasteiger partial charge in [0.05, 0.1) is 5.92 Å². The maximum Gasteiger partial charge on any atom is 0.250 e.